The molecule has 0 spiro atoms. The number of halogens is 1. The molecule has 2 heterocycles. The number of likely N-dealkylation sites (tertiary alicyclic amines) is 1. The van der Waals surface area contributed by atoms with Gasteiger partial charge in [-0.3, -0.25) is 9.59 Å². The third-order valence-corrected chi connectivity index (χ3v) is 5.59. The van der Waals surface area contributed by atoms with Crippen LogP contribution in [0.15, 0.2) is 24.3 Å². The number of amides is 2. The van der Waals surface area contributed by atoms with Gasteiger partial charge in [-0.05, 0) is 62.7 Å². The molecule has 2 N–H and O–H groups in total. The van der Waals surface area contributed by atoms with E-state index in [-0.39, 0.29) is 30.8 Å². The summed E-state index contributed by atoms with van der Waals surface area (Å²) in [6.07, 6.45) is 5.04. The first-order chi connectivity index (χ1) is 13.1. The Morgan fingerprint density at radius 1 is 1.29 bits per heavy atom. The Morgan fingerprint density at radius 3 is 2.79 bits per heavy atom. The molecule has 2 fully saturated rings. The normalized spacial score (nSPS) is 20.2. The number of hydrogen-bond acceptors (Lipinski definition) is 4. The maximum atomic E-state index is 12.4. The summed E-state index contributed by atoms with van der Waals surface area (Å²) in [5, 5.41) is 6.37. The Morgan fingerprint density at radius 2 is 2.07 bits per heavy atom. The van der Waals surface area contributed by atoms with Crippen molar-refractivity contribution in [2.75, 3.05) is 38.1 Å². The molecule has 1 aromatic carbocycles. The molecule has 0 saturated carbocycles. The predicted octanol–water partition coefficient (Wildman–Crippen LogP) is 3.07. The van der Waals surface area contributed by atoms with Crippen LogP contribution in [0, 0.1) is 11.8 Å². The molecule has 2 amide bonds. The maximum Gasteiger partial charge on any atom is 0.260 e. The number of piperidine rings is 1. The Bertz CT molecular complexity index is 644. The van der Waals surface area contributed by atoms with E-state index in [0.29, 0.717) is 29.7 Å². The van der Waals surface area contributed by atoms with Gasteiger partial charge in [0.25, 0.3) is 5.91 Å². The first kappa shape index (κ1) is 22.5. The van der Waals surface area contributed by atoms with E-state index in [2.05, 4.69) is 17.6 Å². The minimum Gasteiger partial charge on any atom is -0.484 e. The van der Waals surface area contributed by atoms with E-state index in [9.17, 15) is 9.59 Å². The van der Waals surface area contributed by atoms with E-state index < -0.39 is 0 Å². The minimum atomic E-state index is 0. The molecule has 2 aliphatic heterocycles. The van der Waals surface area contributed by atoms with Gasteiger partial charge < -0.3 is 20.3 Å². The summed E-state index contributed by atoms with van der Waals surface area (Å²) < 4.78 is 5.63. The molecule has 2 atom stereocenters. The number of nitrogens with one attached hydrogen (secondary N) is 2. The van der Waals surface area contributed by atoms with Gasteiger partial charge in [0.1, 0.15) is 5.75 Å². The van der Waals surface area contributed by atoms with Crippen molar-refractivity contribution in [1.29, 1.82) is 0 Å². The highest BCUT2D eigenvalue weighted by atomic mass is 35.5. The SMILES string of the molecule is CC(CC(=O)Nc1cccc(OCC(=O)N2CCCC2)c1)C1CCCNC1.Cl. The Labute approximate surface area is 173 Å². The van der Waals surface area contributed by atoms with Crippen LogP contribution in [0.25, 0.3) is 0 Å². The van der Waals surface area contributed by atoms with Crippen LogP contribution in [0.1, 0.15) is 39.0 Å². The van der Waals surface area contributed by atoms with Crippen LogP contribution in [-0.2, 0) is 9.59 Å². The number of anilines is 1. The zero-order valence-corrected chi connectivity index (χ0v) is 17.4. The number of carbonyl (C=O) groups is 2. The lowest BCUT2D eigenvalue weighted by Crippen LogP contribution is -2.34. The average Bonchev–Trinajstić information content (AvgIpc) is 3.22. The first-order valence-electron chi connectivity index (χ1n) is 10.1. The van der Waals surface area contributed by atoms with Crippen molar-refractivity contribution in [3.05, 3.63) is 24.3 Å². The van der Waals surface area contributed by atoms with Gasteiger partial charge in [0.2, 0.25) is 5.91 Å². The molecule has 0 bridgehead atoms. The molecule has 2 aliphatic rings. The molecule has 0 aliphatic carbocycles. The Balaban J connectivity index is 0.00000280. The molecule has 6 nitrogen and oxygen atoms in total. The molecule has 0 aromatic heterocycles. The van der Waals surface area contributed by atoms with Crippen LogP contribution in [0.5, 0.6) is 5.75 Å². The fraction of sp³-hybridized carbons (Fsp3) is 0.619. The first-order valence-corrected chi connectivity index (χ1v) is 10.1. The maximum absolute atomic E-state index is 12.4. The highest BCUT2D eigenvalue weighted by Crippen LogP contribution is 2.24. The second-order valence-electron chi connectivity index (χ2n) is 7.74. The third-order valence-electron chi connectivity index (χ3n) is 5.59. The summed E-state index contributed by atoms with van der Waals surface area (Å²) in [5.41, 5.74) is 0.708. The Hall–Kier alpha value is -1.79. The molecule has 2 saturated heterocycles. The van der Waals surface area contributed by atoms with E-state index in [1.54, 1.807) is 6.07 Å². The third kappa shape index (κ3) is 6.67. The van der Waals surface area contributed by atoms with Gasteiger partial charge in [-0.1, -0.05) is 13.0 Å². The fourth-order valence-electron chi connectivity index (χ4n) is 3.90. The molecule has 156 valence electrons. The van der Waals surface area contributed by atoms with Gasteiger partial charge in [0, 0.05) is 31.3 Å². The minimum absolute atomic E-state index is 0. The number of ether oxygens (including phenoxy) is 1. The van der Waals surface area contributed by atoms with E-state index in [4.69, 9.17) is 4.74 Å². The second kappa shape index (κ2) is 11.3. The predicted molar refractivity (Wildman–Crippen MR) is 113 cm³/mol. The highest BCUT2D eigenvalue weighted by molar-refractivity contribution is 5.91. The molecule has 3 rings (SSSR count). The summed E-state index contributed by atoms with van der Waals surface area (Å²) >= 11 is 0. The summed E-state index contributed by atoms with van der Waals surface area (Å²) in [4.78, 5) is 26.3. The van der Waals surface area contributed by atoms with Crippen LogP contribution in [-0.4, -0.2) is 49.5 Å². The van der Waals surface area contributed by atoms with E-state index >= 15 is 0 Å². The van der Waals surface area contributed by atoms with Crippen molar-refractivity contribution in [3.63, 3.8) is 0 Å². The highest BCUT2D eigenvalue weighted by Gasteiger charge is 2.22. The van der Waals surface area contributed by atoms with Gasteiger partial charge in [-0.15, -0.1) is 12.4 Å². The topological polar surface area (TPSA) is 70.7 Å². The molecular weight excluding hydrogens is 378 g/mol. The van der Waals surface area contributed by atoms with Crippen molar-refractivity contribution >= 4 is 29.9 Å². The van der Waals surface area contributed by atoms with Crippen LogP contribution in [0.4, 0.5) is 5.69 Å². The van der Waals surface area contributed by atoms with Gasteiger partial charge >= 0.3 is 0 Å². The molecule has 7 heteroatoms. The van der Waals surface area contributed by atoms with Crippen molar-refractivity contribution in [2.24, 2.45) is 11.8 Å². The van der Waals surface area contributed by atoms with Gasteiger partial charge in [0.15, 0.2) is 6.61 Å². The van der Waals surface area contributed by atoms with Crippen LogP contribution < -0.4 is 15.4 Å². The number of carbonyl (C=O) groups excluding carboxylic acids is 2. The quantitative estimate of drug-likeness (QED) is 0.726. The Kier molecular flexibility index (Phi) is 9.06. The molecule has 1 aromatic rings. The number of nitrogens with zero attached hydrogens (tertiary/aromatic N) is 1. The molecular formula is C21H32ClN3O3. The molecule has 28 heavy (non-hydrogen) atoms. The van der Waals surface area contributed by atoms with Crippen molar-refractivity contribution in [3.8, 4) is 5.75 Å². The van der Waals surface area contributed by atoms with Crippen LogP contribution >= 0.6 is 12.4 Å². The monoisotopic (exact) mass is 409 g/mol. The van der Waals surface area contributed by atoms with Gasteiger partial charge in [0.05, 0.1) is 0 Å². The smallest absolute Gasteiger partial charge is 0.260 e. The van der Waals surface area contributed by atoms with Crippen molar-refractivity contribution in [1.82, 2.24) is 10.2 Å². The fourth-order valence-corrected chi connectivity index (χ4v) is 3.90. The molecule has 0 radical (unpaired) electrons. The lowest BCUT2D eigenvalue weighted by atomic mass is 9.85. The zero-order valence-electron chi connectivity index (χ0n) is 16.6. The molecule has 2 unspecified atom stereocenters. The van der Waals surface area contributed by atoms with Gasteiger partial charge in [-0.25, -0.2) is 0 Å². The van der Waals surface area contributed by atoms with Crippen molar-refractivity contribution in [2.45, 2.75) is 39.0 Å². The van der Waals surface area contributed by atoms with E-state index in [0.717, 1.165) is 39.0 Å². The van der Waals surface area contributed by atoms with Crippen molar-refractivity contribution < 1.29 is 14.3 Å². The van der Waals surface area contributed by atoms with E-state index in [1.807, 2.05) is 23.1 Å². The summed E-state index contributed by atoms with van der Waals surface area (Å²) in [5.74, 6) is 1.58. The standard InChI is InChI=1S/C21H31N3O3.ClH/c1-16(17-6-5-9-22-14-17)12-20(25)23-18-7-4-8-19(13-18)27-15-21(26)24-10-2-3-11-24;/h4,7-8,13,16-17,22H,2-3,5-6,9-12,14-15H2,1H3,(H,23,25);1H. The number of rotatable bonds is 7. The average molecular weight is 410 g/mol. The summed E-state index contributed by atoms with van der Waals surface area (Å²) in [7, 11) is 0. The van der Waals surface area contributed by atoms with Gasteiger partial charge in [-0.2, -0.15) is 0 Å². The lowest BCUT2D eigenvalue weighted by molar-refractivity contribution is -0.132. The second-order valence-corrected chi connectivity index (χ2v) is 7.74. The number of benzene rings is 1. The zero-order chi connectivity index (χ0) is 19.1. The number of hydrogen-bond donors (Lipinski definition) is 2. The summed E-state index contributed by atoms with van der Waals surface area (Å²) in [6.45, 7) is 5.94. The van der Waals surface area contributed by atoms with Crippen LogP contribution in [0.3, 0.4) is 0 Å². The largest absolute Gasteiger partial charge is 0.484 e. The van der Waals surface area contributed by atoms with Crippen LogP contribution in [0.2, 0.25) is 0 Å². The summed E-state index contributed by atoms with van der Waals surface area (Å²) in [6, 6.07) is 7.27. The lowest BCUT2D eigenvalue weighted by Gasteiger charge is -2.28. The van der Waals surface area contributed by atoms with E-state index in [1.165, 1.54) is 12.8 Å².